The van der Waals surface area contributed by atoms with E-state index in [0.29, 0.717) is 11.3 Å². The molecule has 0 saturated heterocycles. The maximum Gasteiger partial charge on any atom is 0.119 e. The first-order valence-electron chi connectivity index (χ1n) is 8.47. The van der Waals surface area contributed by atoms with Crippen LogP contribution in [0.5, 0.6) is 5.75 Å². The maximum absolute atomic E-state index is 5.33. The fraction of sp³-hybridized carbons (Fsp3) is 0.429. The van der Waals surface area contributed by atoms with Crippen molar-refractivity contribution >= 4 is 5.69 Å². The lowest BCUT2D eigenvalue weighted by molar-refractivity contribution is 0.305. The molecule has 0 aromatic heterocycles. The third-order valence-electron chi connectivity index (χ3n) is 4.83. The quantitative estimate of drug-likeness (QED) is 0.838. The first-order chi connectivity index (χ1) is 11.0. The molecule has 3 rings (SSSR count). The number of hydrogen-bond donors (Lipinski definition) is 1. The molecule has 1 atom stereocenters. The van der Waals surface area contributed by atoms with Gasteiger partial charge in [0.05, 0.1) is 7.11 Å². The molecule has 0 radical (unpaired) electrons. The molecule has 2 aromatic rings. The molecule has 1 heterocycles. The highest BCUT2D eigenvalue weighted by Crippen LogP contribution is 2.43. The van der Waals surface area contributed by atoms with Gasteiger partial charge in [0.25, 0.3) is 0 Å². The molecule has 2 heteroatoms. The first-order valence-corrected chi connectivity index (χ1v) is 8.47. The second-order valence-corrected chi connectivity index (χ2v) is 7.58. The molecule has 0 saturated carbocycles. The molecule has 1 N–H and O–H groups in total. The van der Waals surface area contributed by atoms with Crippen molar-refractivity contribution in [3.8, 4) is 5.75 Å². The number of nitrogens with one attached hydrogen (secondary N) is 1. The molecule has 0 bridgehead atoms. The second-order valence-electron chi connectivity index (χ2n) is 7.58. The summed E-state index contributed by atoms with van der Waals surface area (Å²) in [5, 5.41) is 3.55. The molecule has 1 unspecified atom stereocenters. The van der Waals surface area contributed by atoms with Crippen molar-refractivity contribution in [2.24, 2.45) is 5.41 Å². The molecule has 0 spiro atoms. The van der Waals surface area contributed by atoms with E-state index in [1.807, 2.05) is 6.07 Å². The van der Waals surface area contributed by atoms with E-state index in [9.17, 15) is 0 Å². The third kappa shape index (κ3) is 3.52. The minimum atomic E-state index is 0.297. The number of fused-ring (bicyclic) bond motifs is 1. The zero-order valence-electron chi connectivity index (χ0n) is 14.6. The fourth-order valence-corrected chi connectivity index (χ4v) is 3.60. The summed E-state index contributed by atoms with van der Waals surface area (Å²) < 4.78 is 5.33. The van der Waals surface area contributed by atoms with Crippen molar-refractivity contribution in [3.05, 3.63) is 59.2 Å². The van der Waals surface area contributed by atoms with Gasteiger partial charge in [-0.3, -0.25) is 0 Å². The molecule has 0 fully saturated rings. The van der Waals surface area contributed by atoms with E-state index in [0.717, 1.165) is 18.7 Å². The molecular weight excluding hydrogens is 282 g/mol. The SMILES string of the molecule is COc1cccc(Cc2ccc3c(c2)C(C(C)(C)C)CCN3)c1. The van der Waals surface area contributed by atoms with E-state index in [2.05, 4.69) is 62.5 Å². The van der Waals surface area contributed by atoms with Crippen LogP contribution in [0.25, 0.3) is 0 Å². The lowest BCUT2D eigenvalue weighted by Crippen LogP contribution is -2.26. The highest BCUT2D eigenvalue weighted by Gasteiger charge is 2.30. The highest BCUT2D eigenvalue weighted by molar-refractivity contribution is 5.57. The van der Waals surface area contributed by atoms with Crippen LogP contribution in [-0.2, 0) is 6.42 Å². The molecule has 122 valence electrons. The predicted molar refractivity (Wildman–Crippen MR) is 97.5 cm³/mol. The molecule has 2 aromatic carbocycles. The average molecular weight is 309 g/mol. The van der Waals surface area contributed by atoms with Crippen molar-refractivity contribution in [1.29, 1.82) is 0 Å². The minimum absolute atomic E-state index is 0.297. The molecule has 0 amide bonds. The van der Waals surface area contributed by atoms with Crippen molar-refractivity contribution in [2.45, 2.75) is 39.5 Å². The van der Waals surface area contributed by atoms with Crippen LogP contribution in [0.1, 0.15) is 49.8 Å². The Hall–Kier alpha value is -1.96. The van der Waals surface area contributed by atoms with Crippen LogP contribution in [0.3, 0.4) is 0 Å². The summed E-state index contributed by atoms with van der Waals surface area (Å²) in [5.41, 5.74) is 5.75. The van der Waals surface area contributed by atoms with Crippen LogP contribution >= 0.6 is 0 Å². The van der Waals surface area contributed by atoms with Gasteiger partial charge in [0.2, 0.25) is 0 Å². The number of anilines is 1. The van der Waals surface area contributed by atoms with Crippen LogP contribution in [-0.4, -0.2) is 13.7 Å². The number of rotatable bonds is 3. The molecule has 23 heavy (non-hydrogen) atoms. The monoisotopic (exact) mass is 309 g/mol. The van der Waals surface area contributed by atoms with Crippen LogP contribution in [0.2, 0.25) is 0 Å². The van der Waals surface area contributed by atoms with E-state index < -0.39 is 0 Å². The zero-order valence-corrected chi connectivity index (χ0v) is 14.6. The van der Waals surface area contributed by atoms with E-state index in [1.165, 1.54) is 28.8 Å². The van der Waals surface area contributed by atoms with Crippen molar-refractivity contribution in [1.82, 2.24) is 0 Å². The van der Waals surface area contributed by atoms with Crippen LogP contribution in [0.15, 0.2) is 42.5 Å². The van der Waals surface area contributed by atoms with Crippen LogP contribution < -0.4 is 10.1 Å². The Balaban J connectivity index is 1.90. The Morgan fingerprint density at radius 3 is 2.61 bits per heavy atom. The molecule has 1 aliphatic rings. The van der Waals surface area contributed by atoms with E-state index in [1.54, 1.807) is 7.11 Å². The highest BCUT2D eigenvalue weighted by atomic mass is 16.5. The Kier molecular flexibility index (Phi) is 4.34. The Morgan fingerprint density at radius 2 is 1.87 bits per heavy atom. The van der Waals surface area contributed by atoms with Crippen molar-refractivity contribution < 1.29 is 4.74 Å². The number of ether oxygens (including phenoxy) is 1. The largest absolute Gasteiger partial charge is 0.497 e. The van der Waals surface area contributed by atoms with E-state index >= 15 is 0 Å². The van der Waals surface area contributed by atoms with Gasteiger partial charge in [0, 0.05) is 12.2 Å². The summed E-state index contributed by atoms with van der Waals surface area (Å²) >= 11 is 0. The first kappa shape index (κ1) is 15.9. The molecular formula is C21H27NO. The summed E-state index contributed by atoms with van der Waals surface area (Å²) in [6.07, 6.45) is 2.15. The Bertz CT molecular complexity index is 684. The van der Waals surface area contributed by atoms with Crippen LogP contribution in [0.4, 0.5) is 5.69 Å². The van der Waals surface area contributed by atoms with Crippen molar-refractivity contribution in [2.75, 3.05) is 19.0 Å². The van der Waals surface area contributed by atoms with Crippen LogP contribution in [0, 0.1) is 5.41 Å². The molecule has 0 aliphatic carbocycles. The third-order valence-corrected chi connectivity index (χ3v) is 4.83. The number of methoxy groups -OCH3 is 1. The summed E-state index contributed by atoms with van der Waals surface area (Å²) in [4.78, 5) is 0. The minimum Gasteiger partial charge on any atom is -0.497 e. The Morgan fingerprint density at radius 1 is 1.09 bits per heavy atom. The second kappa shape index (κ2) is 6.27. The standard InChI is InChI=1S/C21H27NO/c1-21(2,3)19-10-11-22-20-9-8-16(14-18(19)20)12-15-6-5-7-17(13-15)23-4/h5-9,13-14,19,22H,10-12H2,1-4H3. The summed E-state index contributed by atoms with van der Waals surface area (Å²) in [5.74, 6) is 1.54. The summed E-state index contributed by atoms with van der Waals surface area (Å²) in [6.45, 7) is 8.12. The molecule has 1 aliphatic heterocycles. The van der Waals surface area contributed by atoms with E-state index in [4.69, 9.17) is 4.74 Å². The summed E-state index contributed by atoms with van der Waals surface area (Å²) in [7, 11) is 1.72. The topological polar surface area (TPSA) is 21.3 Å². The maximum atomic E-state index is 5.33. The zero-order chi connectivity index (χ0) is 16.4. The van der Waals surface area contributed by atoms with Gasteiger partial charge in [0.15, 0.2) is 0 Å². The molecule has 2 nitrogen and oxygen atoms in total. The lowest BCUT2D eigenvalue weighted by atomic mass is 9.72. The smallest absolute Gasteiger partial charge is 0.119 e. The van der Waals surface area contributed by atoms with Gasteiger partial charge in [-0.1, -0.05) is 45.0 Å². The van der Waals surface area contributed by atoms with Crippen molar-refractivity contribution in [3.63, 3.8) is 0 Å². The Labute approximate surface area is 139 Å². The van der Waals surface area contributed by atoms with Gasteiger partial charge >= 0.3 is 0 Å². The van der Waals surface area contributed by atoms with Gasteiger partial charge in [-0.2, -0.15) is 0 Å². The predicted octanol–water partition coefficient (Wildman–Crippen LogP) is 5.23. The summed E-state index contributed by atoms with van der Waals surface area (Å²) in [6, 6.07) is 15.2. The fourth-order valence-electron chi connectivity index (χ4n) is 3.60. The van der Waals surface area contributed by atoms with Gasteiger partial charge in [0.1, 0.15) is 5.75 Å². The normalized spacial score (nSPS) is 17.3. The van der Waals surface area contributed by atoms with Gasteiger partial charge < -0.3 is 10.1 Å². The number of hydrogen-bond acceptors (Lipinski definition) is 2. The average Bonchev–Trinajstić information content (AvgIpc) is 2.53. The van der Waals surface area contributed by atoms with Gasteiger partial charge in [-0.15, -0.1) is 0 Å². The van der Waals surface area contributed by atoms with Gasteiger partial charge in [-0.05, 0) is 59.1 Å². The number of benzene rings is 2. The van der Waals surface area contributed by atoms with Gasteiger partial charge in [-0.25, -0.2) is 0 Å². The lowest BCUT2D eigenvalue weighted by Gasteiger charge is -2.36. The van der Waals surface area contributed by atoms with E-state index in [-0.39, 0.29) is 0 Å².